The molecule has 0 atom stereocenters. The molecule has 100 valence electrons. The highest BCUT2D eigenvalue weighted by Crippen LogP contribution is 2.38. The van der Waals surface area contributed by atoms with Crippen LogP contribution in [0, 0.1) is 6.92 Å². The molecule has 0 amide bonds. The SMILES string of the molecule is CC(=O)c1ccc(-c2ccc(-c3cnccc3C)s2)s1. The highest BCUT2D eigenvalue weighted by atomic mass is 32.1. The quantitative estimate of drug-likeness (QED) is 0.633. The Bertz CT molecular complexity index is 770. The summed E-state index contributed by atoms with van der Waals surface area (Å²) in [5.74, 6) is 0.126. The number of nitrogens with zero attached hydrogens (tertiary/aromatic N) is 1. The molecular weight excluding hydrogens is 286 g/mol. The summed E-state index contributed by atoms with van der Waals surface area (Å²) in [7, 11) is 0. The summed E-state index contributed by atoms with van der Waals surface area (Å²) in [6, 6.07) is 10.2. The van der Waals surface area contributed by atoms with Gasteiger partial charge >= 0.3 is 0 Å². The van der Waals surface area contributed by atoms with Gasteiger partial charge in [-0.3, -0.25) is 9.78 Å². The van der Waals surface area contributed by atoms with Crippen LogP contribution in [-0.4, -0.2) is 10.8 Å². The largest absolute Gasteiger partial charge is 0.294 e. The summed E-state index contributed by atoms with van der Waals surface area (Å²) in [6.45, 7) is 3.70. The first-order chi connectivity index (χ1) is 9.65. The van der Waals surface area contributed by atoms with E-state index in [-0.39, 0.29) is 5.78 Å². The molecule has 0 bridgehead atoms. The van der Waals surface area contributed by atoms with Gasteiger partial charge in [-0.2, -0.15) is 0 Å². The van der Waals surface area contributed by atoms with Gasteiger partial charge in [-0.05, 0) is 49.7 Å². The van der Waals surface area contributed by atoms with Gasteiger partial charge in [0.25, 0.3) is 0 Å². The Balaban J connectivity index is 1.98. The number of pyridine rings is 1. The highest BCUT2D eigenvalue weighted by Gasteiger charge is 2.10. The predicted molar refractivity (Wildman–Crippen MR) is 85.6 cm³/mol. The minimum Gasteiger partial charge on any atom is -0.294 e. The molecule has 2 nitrogen and oxygen atoms in total. The summed E-state index contributed by atoms with van der Waals surface area (Å²) < 4.78 is 0. The van der Waals surface area contributed by atoms with Crippen molar-refractivity contribution in [3.05, 3.63) is 53.2 Å². The first-order valence-corrected chi connectivity index (χ1v) is 7.90. The van der Waals surface area contributed by atoms with E-state index in [1.54, 1.807) is 29.6 Å². The number of ketones is 1. The lowest BCUT2D eigenvalue weighted by molar-refractivity contribution is 0.102. The van der Waals surface area contributed by atoms with E-state index in [2.05, 4.69) is 24.0 Å². The third-order valence-corrected chi connectivity index (χ3v) is 5.61. The second-order valence-electron chi connectivity index (χ2n) is 4.57. The van der Waals surface area contributed by atoms with E-state index >= 15 is 0 Å². The molecule has 0 spiro atoms. The zero-order chi connectivity index (χ0) is 14.1. The van der Waals surface area contributed by atoms with Crippen molar-refractivity contribution in [2.45, 2.75) is 13.8 Å². The fourth-order valence-corrected chi connectivity index (χ4v) is 4.07. The van der Waals surface area contributed by atoms with E-state index in [1.807, 2.05) is 30.6 Å². The Labute approximate surface area is 125 Å². The van der Waals surface area contributed by atoms with E-state index in [0.717, 1.165) is 9.75 Å². The number of hydrogen-bond donors (Lipinski definition) is 0. The maximum Gasteiger partial charge on any atom is 0.169 e. The number of carbonyl (C=O) groups excluding carboxylic acids is 1. The number of hydrogen-bond acceptors (Lipinski definition) is 4. The number of thiophene rings is 2. The van der Waals surface area contributed by atoms with Gasteiger partial charge in [0.15, 0.2) is 5.78 Å². The monoisotopic (exact) mass is 299 g/mol. The van der Waals surface area contributed by atoms with Gasteiger partial charge in [-0.1, -0.05) is 0 Å². The molecule has 3 aromatic heterocycles. The van der Waals surface area contributed by atoms with E-state index in [4.69, 9.17) is 0 Å². The molecule has 0 saturated heterocycles. The lowest BCUT2D eigenvalue weighted by Crippen LogP contribution is -1.83. The Morgan fingerprint density at radius 3 is 2.40 bits per heavy atom. The van der Waals surface area contributed by atoms with E-state index in [1.165, 1.54) is 20.9 Å². The number of aryl methyl sites for hydroxylation is 1. The van der Waals surface area contributed by atoms with Crippen molar-refractivity contribution in [1.82, 2.24) is 4.98 Å². The zero-order valence-electron chi connectivity index (χ0n) is 11.2. The van der Waals surface area contributed by atoms with Crippen LogP contribution >= 0.6 is 22.7 Å². The van der Waals surface area contributed by atoms with Crippen LogP contribution in [-0.2, 0) is 0 Å². The average Bonchev–Trinajstić information content (AvgIpc) is 3.08. The number of aromatic nitrogens is 1. The molecule has 3 rings (SSSR count). The van der Waals surface area contributed by atoms with Crippen molar-refractivity contribution in [2.24, 2.45) is 0 Å². The van der Waals surface area contributed by atoms with Gasteiger partial charge in [0.1, 0.15) is 0 Å². The maximum atomic E-state index is 11.4. The number of Topliss-reactive ketones (excluding diaryl/α,β-unsaturated/α-hetero) is 1. The normalized spacial score (nSPS) is 10.7. The Morgan fingerprint density at radius 2 is 1.70 bits per heavy atom. The standard InChI is InChI=1S/C16H13NOS2/c1-10-7-8-17-9-12(10)14-4-6-16(20-14)15-5-3-13(19-15)11(2)18/h3-9H,1-2H3. The minimum atomic E-state index is 0.126. The molecule has 0 aliphatic heterocycles. The second-order valence-corrected chi connectivity index (χ2v) is 6.74. The van der Waals surface area contributed by atoms with Crippen LogP contribution in [0.5, 0.6) is 0 Å². The summed E-state index contributed by atoms with van der Waals surface area (Å²) >= 11 is 3.29. The zero-order valence-corrected chi connectivity index (χ0v) is 12.8. The van der Waals surface area contributed by atoms with Crippen LogP contribution in [0.15, 0.2) is 42.7 Å². The Hall–Kier alpha value is -1.78. The topological polar surface area (TPSA) is 30.0 Å². The molecule has 0 aromatic carbocycles. The molecule has 0 aliphatic rings. The fraction of sp³-hybridized carbons (Fsp3) is 0.125. The van der Waals surface area contributed by atoms with Crippen molar-refractivity contribution < 1.29 is 4.79 Å². The highest BCUT2D eigenvalue weighted by molar-refractivity contribution is 7.24. The Morgan fingerprint density at radius 1 is 1.00 bits per heavy atom. The van der Waals surface area contributed by atoms with Gasteiger partial charge in [0, 0.05) is 32.6 Å². The predicted octanol–water partition coefficient (Wildman–Crippen LogP) is 5.05. The number of carbonyl (C=O) groups is 1. The van der Waals surface area contributed by atoms with Crippen LogP contribution in [0.4, 0.5) is 0 Å². The molecule has 0 fully saturated rings. The lowest BCUT2D eigenvalue weighted by atomic mass is 10.1. The van der Waals surface area contributed by atoms with Gasteiger partial charge < -0.3 is 0 Å². The molecule has 0 radical (unpaired) electrons. The van der Waals surface area contributed by atoms with Crippen LogP contribution in [0.25, 0.3) is 20.2 Å². The summed E-state index contributed by atoms with van der Waals surface area (Å²) in [4.78, 5) is 19.9. The first kappa shape index (κ1) is 13.2. The van der Waals surface area contributed by atoms with Crippen LogP contribution in [0.1, 0.15) is 22.2 Å². The molecule has 0 saturated carbocycles. The lowest BCUT2D eigenvalue weighted by Gasteiger charge is -2.00. The van der Waals surface area contributed by atoms with Gasteiger partial charge in [0.2, 0.25) is 0 Å². The summed E-state index contributed by atoms with van der Waals surface area (Å²) in [5.41, 5.74) is 2.40. The molecule has 0 aliphatic carbocycles. The van der Waals surface area contributed by atoms with E-state index in [9.17, 15) is 4.79 Å². The maximum absolute atomic E-state index is 11.4. The smallest absolute Gasteiger partial charge is 0.169 e. The molecule has 3 heterocycles. The molecule has 4 heteroatoms. The molecule has 3 aromatic rings. The van der Waals surface area contributed by atoms with Crippen LogP contribution < -0.4 is 0 Å². The van der Waals surface area contributed by atoms with Gasteiger partial charge in [0.05, 0.1) is 4.88 Å². The third-order valence-electron chi connectivity index (χ3n) is 3.11. The first-order valence-electron chi connectivity index (χ1n) is 6.27. The molecule has 20 heavy (non-hydrogen) atoms. The van der Waals surface area contributed by atoms with Gasteiger partial charge in [-0.25, -0.2) is 0 Å². The molecule has 0 N–H and O–H groups in total. The molecular formula is C16H13NOS2. The van der Waals surface area contributed by atoms with Crippen molar-refractivity contribution in [3.63, 3.8) is 0 Å². The van der Waals surface area contributed by atoms with Crippen molar-refractivity contribution in [1.29, 1.82) is 0 Å². The fourth-order valence-electron chi connectivity index (χ4n) is 2.00. The summed E-state index contributed by atoms with van der Waals surface area (Å²) in [6.07, 6.45) is 3.71. The summed E-state index contributed by atoms with van der Waals surface area (Å²) in [5, 5.41) is 0. The van der Waals surface area contributed by atoms with Crippen LogP contribution in [0.2, 0.25) is 0 Å². The van der Waals surface area contributed by atoms with Crippen molar-refractivity contribution in [3.8, 4) is 20.2 Å². The van der Waals surface area contributed by atoms with Gasteiger partial charge in [-0.15, -0.1) is 22.7 Å². The number of rotatable bonds is 3. The molecule has 0 unspecified atom stereocenters. The van der Waals surface area contributed by atoms with Crippen molar-refractivity contribution >= 4 is 28.5 Å². The third kappa shape index (κ3) is 2.44. The van der Waals surface area contributed by atoms with E-state index in [0.29, 0.717) is 0 Å². The van der Waals surface area contributed by atoms with E-state index < -0.39 is 0 Å². The van der Waals surface area contributed by atoms with Crippen molar-refractivity contribution in [2.75, 3.05) is 0 Å². The Kier molecular flexibility index (Phi) is 3.51. The second kappa shape index (κ2) is 5.31. The average molecular weight is 299 g/mol. The van der Waals surface area contributed by atoms with Crippen LogP contribution in [0.3, 0.4) is 0 Å². The minimum absolute atomic E-state index is 0.126.